The number of carbonyl (C=O) groups excluding carboxylic acids is 1. The van der Waals surface area contributed by atoms with Gasteiger partial charge in [-0.1, -0.05) is 6.42 Å². The van der Waals surface area contributed by atoms with E-state index in [2.05, 4.69) is 5.32 Å². The second-order valence-corrected chi connectivity index (χ2v) is 9.05. The second-order valence-electron chi connectivity index (χ2n) is 7.14. The van der Waals surface area contributed by atoms with Gasteiger partial charge in [-0.2, -0.15) is 4.31 Å². The molecule has 0 saturated carbocycles. The molecule has 0 spiro atoms. The standard InChI is InChI=1S/C21H24N2O6S/c1-27-18-7-5-15(13-20(18)30(25,26)23-9-3-2-4-10-23)21(24)22-16-6-8-17-19(14-16)29-12-11-28-17/h5-8,13-14H,2-4,9-12H2,1H3,(H,22,24). The zero-order valence-electron chi connectivity index (χ0n) is 16.7. The monoisotopic (exact) mass is 432 g/mol. The molecule has 8 nitrogen and oxygen atoms in total. The van der Waals surface area contributed by atoms with Crippen LogP contribution >= 0.6 is 0 Å². The fraction of sp³-hybridized carbons (Fsp3) is 0.381. The van der Waals surface area contributed by atoms with E-state index in [0.29, 0.717) is 43.5 Å². The molecule has 1 fully saturated rings. The van der Waals surface area contributed by atoms with Gasteiger partial charge in [0.15, 0.2) is 11.5 Å². The highest BCUT2D eigenvalue weighted by atomic mass is 32.2. The Bertz CT molecular complexity index is 1050. The van der Waals surface area contributed by atoms with E-state index in [-0.39, 0.29) is 16.2 Å². The number of piperidine rings is 1. The molecule has 2 aromatic rings. The van der Waals surface area contributed by atoms with Crippen LogP contribution in [0.1, 0.15) is 29.6 Å². The lowest BCUT2D eigenvalue weighted by atomic mass is 10.2. The van der Waals surface area contributed by atoms with Crippen molar-refractivity contribution >= 4 is 21.6 Å². The number of rotatable bonds is 5. The fourth-order valence-corrected chi connectivity index (χ4v) is 5.29. The van der Waals surface area contributed by atoms with Crippen LogP contribution in [0.25, 0.3) is 0 Å². The Morgan fingerprint density at radius 3 is 2.47 bits per heavy atom. The van der Waals surface area contributed by atoms with Gasteiger partial charge in [0, 0.05) is 30.4 Å². The van der Waals surface area contributed by atoms with E-state index < -0.39 is 15.9 Å². The summed E-state index contributed by atoms with van der Waals surface area (Å²) in [6.07, 6.45) is 2.67. The van der Waals surface area contributed by atoms with Crippen molar-refractivity contribution in [2.24, 2.45) is 0 Å². The molecule has 1 N–H and O–H groups in total. The van der Waals surface area contributed by atoms with E-state index in [1.54, 1.807) is 24.3 Å². The van der Waals surface area contributed by atoms with Crippen LogP contribution in [0.15, 0.2) is 41.3 Å². The van der Waals surface area contributed by atoms with Crippen molar-refractivity contribution in [3.8, 4) is 17.2 Å². The average Bonchev–Trinajstić information content (AvgIpc) is 2.79. The van der Waals surface area contributed by atoms with E-state index >= 15 is 0 Å². The number of benzene rings is 2. The first-order valence-corrected chi connectivity index (χ1v) is 11.3. The van der Waals surface area contributed by atoms with Crippen molar-refractivity contribution in [3.05, 3.63) is 42.0 Å². The average molecular weight is 432 g/mol. The molecule has 0 atom stereocenters. The SMILES string of the molecule is COc1ccc(C(=O)Nc2ccc3c(c2)OCCO3)cc1S(=O)(=O)N1CCCCC1. The summed E-state index contributed by atoms with van der Waals surface area (Å²) in [6, 6.07) is 9.54. The van der Waals surface area contributed by atoms with Gasteiger partial charge >= 0.3 is 0 Å². The number of anilines is 1. The summed E-state index contributed by atoms with van der Waals surface area (Å²) in [6.45, 7) is 1.87. The van der Waals surface area contributed by atoms with Gasteiger partial charge in [-0.05, 0) is 43.2 Å². The van der Waals surface area contributed by atoms with E-state index in [9.17, 15) is 13.2 Å². The molecular weight excluding hydrogens is 408 g/mol. The Balaban J connectivity index is 1.60. The first-order chi connectivity index (χ1) is 14.5. The van der Waals surface area contributed by atoms with Gasteiger partial charge < -0.3 is 19.5 Å². The Labute approximate surface area is 175 Å². The number of nitrogens with zero attached hydrogens (tertiary/aromatic N) is 1. The van der Waals surface area contributed by atoms with Crippen LogP contribution in [-0.4, -0.2) is 52.0 Å². The molecule has 160 valence electrons. The van der Waals surface area contributed by atoms with E-state index in [1.807, 2.05) is 0 Å². The number of fused-ring (bicyclic) bond motifs is 1. The number of sulfonamides is 1. The summed E-state index contributed by atoms with van der Waals surface area (Å²) >= 11 is 0. The third kappa shape index (κ3) is 4.08. The lowest BCUT2D eigenvalue weighted by Gasteiger charge is -2.26. The minimum atomic E-state index is -3.75. The molecule has 1 saturated heterocycles. The highest BCUT2D eigenvalue weighted by molar-refractivity contribution is 7.89. The molecule has 0 bridgehead atoms. The topological polar surface area (TPSA) is 94.2 Å². The van der Waals surface area contributed by atoms with Gasteiger partial charge in [-0.25, -0.2) is 8.42 Å². The van der Waals surface area contributed by atoms with Crippen molar-refractivity contribution in [2.75, 3.05) is 38.7 Å². The fourth-order valence-electron chi connectivity index (χ4n) is 3.59. The molecule has 2 aliphatic rings. The van der Waals surface area contributed by atoms with Crippen LogP contribution in [-0.2, 0) is 10.0 Å². The summed E-state index contributed by atoms with van der Waals surface area (Å²) in [5.41, 5.74) is 0.752. The minimum absolute atomic E-state index is 0.00160. The Hall–Kier alpha value is -2.78. The summed E-state index contributed by atoms with van der Waals surface area (Å²) in [5.74, 6) is 0.974. The van der Waals surface area contributed by atoms with Gasteiger partial charge in [0.1, 0.15) is 23.9 Å². The molecule has 1 amide bonds. The van der Waals surface area contributed by atoms with Crippen LogP contribution in [0.4, 0.5) is 5.69 Å². The number of methoxy groups -OCH3 is 1. The van der Waals surface area contributed by atoms with Crippen molar-refractivity contribution in [3.63, 3.8) is 0 Å². The first kappa shape index (κ1) is 20.5. The van der Waals surface area contributed by atoms with Crippen molar-refractivity contribution < 1.29 is 27.4 Å². The number of amides is 1. The molecule has 2 aromatic carbocycles. The summed E-state index contributed by atoms with van der Waals surface area (Å²) in [4.78, 5) is 12.8. The highest BCUT2D eigenvalue weighted by Gasteiger charge is 2.29. The first-order valence-electron chi connectivity index (χ1n) is 9.88. The molecule has 2 aliphatic heterocycles. The largest absolute Gasteiger partial charge is 0.495 e. The molecule has 0 radical (unpaired) electrons. The quantitative estimate of drug-likeness (QED) is 0.781. The van der Waals surface area contributed by atoms with Gasteiger partial charge in [0.05, 0.1) is 7.11 Å². The molecule has 2 heterocycles. The van der Waals surface area contributed by atoms with E-state index in [1.165, 1.54) is 23.5 Å². The molecule has 0 aromatic heterocycles. The number of nitrogens with one attached hydrogen (secondary N) is 1. The predicted molar refractivity (Wildman–Crippen MR) is 111 cm³/mol. The van der Waals surface area contributed by atoms with Crippen LogP contribution < -0.4 is 19.5 Å². The smallest absolute Gasteiger partial charge is 0.255 e. The maximum absolute atomic E-state index is 13.1. The van der Waals surface area contributed by atoms with Crippen LogP contribution in [0.2, 0.25) is 0 Å². The third-order valence-corrected chi connectivity index (χ3v) is 7.08. The van der Waals surface area contributed by atoms with Crippen molar-refractivity contribution in [1.29, 1.82) is 0 Å². The van der Waals surface area contributed by atoms with Crippen LogP contribution in [0.5, 0.6) is 17.2 Å². The molecule has 9 heteroatoms. The Kier molecular flexibility index (Phi) is 5.83. The third-order valence-electron chi connectivity index (χ3n) is 5.16. The summed E-state index contributed by atoms with van der Waals surface area (Å²) in [5, 5.41) is 2.78. The van der Waals surface area contributed by atoms with Crippen molar-refractivity contribution in [1.82, 2.24) is 4.31 Å². The molecular formula is C21H24N2O6S. The molecule has 4 rings (SSSR count). The van der Waals surface area contributed by atoms with Gasteiger partial charge in [-0.3, -0.25) is 4.79 Å². The minimum Gasteiger partial charge on any atom is -0.495 e. The van der Waals surface area contributed by atoms with Gasteiger partial charge in [0.25, 0.3) is 5.91 Å². The molecule has 0 aliphatic carbocycles. The van der Waals surface area contributed by atoms with Crippen molar-refractivity contribution in [2.45, 2.75) is 24.2 Å². The number of hydrogen-bond acceptors (Lipinski definition) is 6. The Morgan fingerprint density at radius 2 is 1.73 bits per heavy atom. The highest BCUT2D eigenvalue weighted by Crippen LogP contribution is 2.33. The van der Waals surface area contributed by atoms with E-state index in [0.717, 1.165) is 19.3 Å². The predicted octanol–water partition coefficient (Wildman–Crippen LogP) is 2.89. The zero-order valence-corrected chi connectivity index (χ0v) is 17.5. The lowest BCUT2D eigenvalue weighted by molar-refractivity contribution is 0.102. The maximum Gasteiger partial charge on any atom is 0.255 e. The second kappa shape index (κ2) is 8.53. The molecule has 30 heavy (non-hydrogen) atoms. The number of hydrogen-bond donors (Lipinski definition) is 1. The normalized spacial score (nSPS) is 16.7. The lowest BCUT2D eigenvalue weighted by Crippen LogP contribution is -2.35. The summed E-state index contributed by atoms with van der Waals surface area (Å²) in [7, 11) is -2.34. The maximum atomic E-state index is 13.1. The number of carbonyl (C=O) groups is 1. The van der Waals surface area contributed by atoms with Crippen LogP contribution in [0, 0.1) is 0 Å². The van der Waals surface area contributed by atoms with Gasteiger partial charge in [0.2, 0.25) is 10.0 Å². The Morgan fingerprint density at radius 1 is 1.00 bits per heavy atom. The van der Waals surface area contributed by atoms with Crippen LogP contribution in [0.3, 0.4) is 0 Å². The zero-order chi connectivity index (χ0) is 21.1. The summed E-state index contributed by atoms with van der Waals surface area (Å²) < 4.78 is 44.0. The van der Waals surface area contributed by atoms with E-state index in [4.69, 9.17) is 14.2 Å². The molecule has 0 unspecified atom stereocenters. The number of ether oxygens (including phenoxy) is 3. The van der Waals surface area contributed by atoms with Gasteiger partial charge in [-0.15, -0.1) is 0 Å².